The normalized spacial score (nSPS) is 20.4. The molecule has 1 heterocycles. The average Bonchev–Trinajstić information content (AvgIpc) is 2.47. The van der Waals surface area contributed by atoms with E-state index in [1.165, 1.54) is 6.07 Å². The largest absolute Gasteiger partial charge is 0.345 e. The lowest BCUT2D eigenvalue weighted by Gasteiger charge is -2.38. The molecule has 0 bridgehead atoms. The van der Waals surface area contributed by atoms with Crippen LogP contribution < -0.4 is 5.32 Å². The summed E-state index contributed by atoms with van der Waals surface area (Å²) in [7, 11) is 0. The first kappa shape index (κ1) is 15.9. The average molecular weight is 357 g/mol. The Bertz CT molecular complexity index is 565. The highest BCUT2D eigenvalue weighted by Crippen LogP contribution is 2.25. The van der Waals surface area contributed by atoms with Gasteiger partial charge in [0.25, 0.3) is 0 Å². The van der Waals surface area contributed by atoms with Gasteiger partial charge in [0, 0.05) is 6.54 Å². The standard InChI is InChI=1S/C15H18BrFN2O2/c1-3-9(2)14-15(21)18-7-12(20)19(14)8-10-5-4-6-11(17)13(10)16/h4-6,9,14H,3,7-8H2,1-2H3,(H,18,21). The SMILES string of the molecule is CCC(C)C1C(=O)NCC(=O)N1Cc1cccc(F)c1Br. The summed E-state index contributed by atoms with van der Waals surface area (Å²) in [6, 6.07) is 4.19. The molecular formula is C15H18BrFN2O2. The highest BCUT2D eigenvalue weighted by atomic mass is 79.9. The Balaban J connectivity index is 2.31. The Morgan fingerprint density at radius 2 is 2.19 bits per heavy atom. The Morgan fingerprint density at radius 3 is 2.86 bits per heavy atom. The van der Waals surface area contributed by atoms with E-state index in [4.69, 9.17) is 0 Å². The van der Waals surface area contributed by atoms with Crippen LogP contribution in [0.1, 0.15) is 25.8 Å². The first-order valence-corrected chi connectivity index (χ1v) is 7.75. The van der Waals surface area contributed by atoms with Gasteiger partial charge in [-0.2, -0.15) is 0 Å². The number of hydrogen-bond acceptors (Lipinski definition) is 2. The van der Waals surface area contributed by atoms with Gasteiger partial charge in [0.2, 0.25) is 11.8 Å². The van der Waals surface area contributed by atoms with Crippen LogP contribution in [0.2, 0.25) is 0 Å². The maximum Gasteiger partial charge on any atom is 0.243 e. The van der Waals surface area contributed by atoms with Crippen molar-refractivity contribution in [1.82, 2.24) is 10.2 Å². The minimum Gasteiger partial charge on any atom is -0.345 e. The van der Waals surface area contributed by atoms with E-state index in [9.17, 15) is 14.0 Å². The number of rotatable bonds is 4. The minimum atomic E-state index is -0.508. The molecule has 2 rings (SSSR count). The molecule has 2 unspecified atom stereocenters. The van der Waals surface area contributed by atoms with Crippen LogP contribution in [0.15, 0.2) is 22.7 Å². The quantitative estimate of drug-likeness (QED) is 0.900. The Kier molecular flexibility index (Phi) is 4.98. The zero-order chi connectivity index (χ0) is 15.6. The lowest BCUT2D eigenvalue weighted by Crippen LogP contribution is -2.60. The number of amides is 2. The fraction of sp³-hybridized carbons (Fsp3) is 0.467. The molecule has 1 aromatic rings. The third kappa shape index (κ3) is 3.26. The summed E-state index contributed by atoms with van der Waals surface area (Å²) in [6.07, 6.45) is 0.784. The predicted molar refractivity (Wildman–Crippen MR) is 80.9 cm³/mol. The van der Waals surface area contributed by atoms with E-state index in [0.29, 0.717) is 10.0 Å². The Morgan fingerprint density at radius 1 is 1.48 bits per heavy atom. The van der Waals surface area contributed by atoms with Crippen molar-refractivity contribution in [2.24, 2.45) is 5.92 Å². The molecule has 1 fully saturated rings. The number of halogens is 2. The Labute approximate surface area is 131 Å². The summed E-state index contributed by atoms with van der Waals surface area (Å²) < 4.78 is 13.9. The molecule has 1 N–H and O–H groups in total. The van der Waals surface area contributed by atoms with Crippen LogP contribution in [0.5, 0.6) is 0 Å². The number of carbonyl (C=O) groups excluding carboxylic acids is 2. The molecule has 0 aliphatic carbocycles. The molecule has 21 heavy (non-hydrogen) atoms. The number of nitrogens with one attached hydrogen (secondary N) is 1. The van der Waals surface area contributed by atoms with Crippen molar-refractivity contribution < 1.29 is 14.0 Å². The van der Waals surface area contributed by atoms with Crippen molar-refractivity contribution in [1.29, 1.82) is 0 Å². The van der Waals surface area contributed by atoms with Gasteiger partial charge in [-0.15, -0.1) is 0 Å². The second-order valence-corrected chi connectivity index (χ2v) is 6.08. The summed E-state index contributed by atoms with van der Waals surface area (Å²) in [5, 5.41) is 2.62. The number of hydrogen-bond donors (Lipinski definition) is 1. The molecule has 0 aromatic heterocycles. The molecule has 1 saturated heterocycles. The van der Waals surface area contributed by atoms with Gasteiger partial charge in [-0.25, -0.2) is 4.39 Å². The summed E-state index contributed by atoms with van der Waals surface area (Å²) in [4.78, 5) is 25.8. The topological polar surface area (TPSA) is 49.4 Å². The van der Waals surface area contributed by atoms with Crippen LogP contribution in [-0.2, 0) is 16.1 Å². The molecule has 2 amide bonds. The molecule has 1 aromatic carbocycles. The highest BCUT2D eigenvalue weighted by Gasteiger charge is 2.37. The summed E-state index contributed by atoms with van der Waals surface area (Å²) in [5.41, 5.74) is 0.659. The third-order valence-corrected chi connectivity index (χ3v) is 4.78. The van der Waals surface area contributed by atoms with Crippen molar-refractivity contribution in [3.05, 3.63) is 34.1 Å². The minimum absolute atomic E-state index is 0.00129. The monoisotopic (exact) mass is 356 g/mol. The van der Waals surface area contributed by atoms with E-state index in [-0.39, 0.29) is 36.6 Å². The molecule has 1 aliphatic rings. The van der Waals surface area contributed by atoms with E-state index in [1.54, 1.807) is 17.0 Å². The third-order valence-electron chi connectivity index (χ3n) is 3.89. The van der Waals surface area contributed by atoms with Crippen molar-refractivity contribution in [3.8, 4) is 0 Å². The van der Waals surface area contributed by atoms with E-state index in [0.717, 1.165) is 6.42 Å². The van der Waals surface area contributed by atoms with Crippen LogP contribution >= 0.6 is 15.9 Å². The molecule has 0 radical (unpaired) electrons. The van der Waals surface area contributed by atoms with Crippen molar-refractivity contribution in [2.75, 3.05) is 6.54 Å². The highest BCUT2D eigenvalue weighted by molar-refractivity contribution is 9.10. The predicted octanol–water partition coefficient (Wildman–Crippen LogP) is 2.46. The van der Waals surface area contributed by atoms with Gasteiger partial charge < -0.3 is 10.2 Å². The Hall–Kier alpha value is -1.43. The lowest BCUT2D eigenvalue weighted by molar-refractivity contribution is -0.148. The van der Waals surface area contributed by atoms with Gasteiger partial charge in [-0.1, -0.05) is 32.4 Å². The smallest absolute Gasteiger partial charge is 0.243 e. The van der Waals surface area contributed by atoms with E-state index < -0.39 is 6.04 Å². The molecule has 2 atom stereocenters. The van der Waals surface area contributed by atoms with Gasteiger partial charge >= 0.3 is 0 Å². The number of carbonyl (C=O) groups is 2. The lowest BCUT2D eigenvalue weighted by atomic mass is 9.94. The van der Waals surface area contributed by atoms with E-state index >= 15 is 0 Å². The number of benzene rings is 1. The first-order valence-electron chi connectivity index (χ1n) is 6.95. The fourth-order valence-electron chi connectivity index (χ4n) is 2.49. The van der Waals surface area contributed by atoms with Gasteiger partial charge in [0.05, 0.1) is 11.0 Å². The van der Waals surface area contributed by atoms with Gasteiger partial charge in [0.15, 0.2) is 0 Å². The van der Waals surface area contributed by atoms with Gasteiger partial charge in [-0.05, 0) is 33.5 Å². The molecule has 0 spiro atoms. The van der Waals surface area contributed by atoms with Crippen LogP contribution in [-0.4, -0.2) is 29.3 Å². The molecule has 6 heteroatoms. The second kappa shape index (κ2) is 6.56. The zero-order valence-corrected chi connectivity index (χ0v) is 13.6. The summed E-state index contributed by atoms with van der Waals surface area (Å²) in [6.45, 7) is 4.14. The molecular weight excluding hydrogens is 339 g/mol. The van der Waals surface area contributed by atoms with Crippen LogP contribution in [0.3, 0.4) is 0 Å². The number of nitrogens with zero attached hydrogens (tertiary/aromatic N) is 1. The van der Waals surface area contributed by atoms with Crippen molar-refractivity contribution >= 4 is 27.7 Å². The molecule has 1 aliphatic heterocycles. The zero-order valence-electron chi connectivity index (χ0n) is 12.0. The van der Waals surface area contributed by atoms with Gasteiger partial charge in [0.1, 0.15) is 11.9 Å². The van der Waals surface area contributed by atoms with Crippen molar-refractivity contribution in [3.63, 3.8) is 0 Å². The van der Waals surface area contributed by atoms with Crippen LogP contribution in [0.4, 0.5) is 4.39 Å². The summed E-state index contributed by atoms with van der Waals surface area (Å²) in [5.74, 6) is -0.615. The summed E-state index contributed by atoms with van der Waals surface area (Å²) >= 11 is 3.20. The van der Waals surface area contributed by atoms with Crippen LogP contribution in [0.25, 0.3) is 0 Å². The first-order chi connectivity index (χ1) is 9.95. The van der Waals surface area contributed by atoms with Crippen molar-refractivity contribution in [2.45, 2.75) is 32.9 Å². The van der Waals surface area contributed by atoms with E-state index in [1.807, 2.05) is 13.8 Å². The molecule has 0 saturated carbocycles. The maximum absolute atomic E-state index is 13.6. The molecule has 4 nitrogen and oxygen atoms in total. The molecule has 114 valence electrons. The van der Waals surface area contributed by atoms with E-state index in [2.05, 4.69) is 21.2 Å². The second-order valence-electron chi connectivity index (χ2n) is 5.28. The maximum atomic E-state index is 13.6. The number of piperazine rings is 1. The van der Waals surface area contributed by atoms with Gasteiger partial charge in [-0.3, -0.25) is 9.59 Å². The van der Waals surface area contributed by atoms with Crippen LogP contribution in [0, 0.1) is 11.7 Å². The fourth-order valence-corrected chi connectivity index (χ4v) is 2.88.